The standard InChI is InChI=1S/C17H15ClN2O4S/c1-23-13-7-11(14(24-2)6-10(13)18)20-17(22)9-3-4-15-12(5-9)19-16(21)8-25-15/h3-7H,8H2,1-2H3,(H,19,21)(H,20,22). The third-order valence-electron chi connectivity index (χ3n) is 3.60. The van der Waals surface area contributed by atoms with E-state index in [0.717, 1.165) is 4.90 Å². The van der Waals surface area contributed by atoms with Crippen LogP contribution >= 0.6 is 23.4 Å². The Kier molecular flexibility index (Phi) is 5.06. The Labute approximate surface area is 153 Å². The van der Waals surface area contributed by atoms with Crippen molar-refractivity contribution in [1.29, 1.82) is 0 Å². The summed E-state index contributed by atoms with van der Waals surface area (Å²) in [6.45, 7) is 0. The van der Waals surface area contributed by atoms with Crippen LogP contribution in [0.2, 0.25) is 5.02 Å². The number of hydrogen-bond acceptors (Lipinski definition) is 5. The predicted octanol–water partition coefficient (Wildman–Crippen LogP) is 3.65. The monoisotopic (exact) mass is 378 g/mol. The lowest BCUT2D eigenvalue weighted by Gasteiger charge is -2.17. The number of benzene rings is 2. The van der Waals surface area contributed by atoms with Gasteiger partial charge in [0.1, 0.15) is 11.5 Å². The van der Waals surface area contributed by atoms with Gasteiger partial charge in [0.15, 0.2) is 0 Å². The van der Waals surface area contributed by atoms with E-state index < -0.39 is 0 Å². The minimum absolute atomic E-state index is 0.0841. The molecule has 2 aromatic carbocycles. The summed E-state index contributed by atoms with van der Waals surface area (Å²) in [6.07, 6.45) is 0. The molecule has 1 aliphatic heterocycles. The molecule has 0 radical (unpaired) electrons. The van der Waals surface area contributed by atoms with Gasteiger partial charge >= 0.3 is 0 Å². The highest BCUT2D eigenvalue weighted by Gasteiger charge is 2.18. The third kappa shape index (κ3) is 3.67. The number of nitrogens with one attached hydrogen (secondary N) is 2. The lowest BCUT2D eigenvalue weighted by molar-refractivity contribution is -0.113. The lowest BCUT2D eigenvalue weighted by Crippen LogP contribution is -2.20. The zero-order valence-electron chi connectivity index (χ0n) is 13.5. The van der Waals surface area contributed by atoms with Crippen molar-refractivity contribution in [3.63, 3.8) is 0 Å². The summed E-state index contributed by atoms with van der Waals surface area (Å²) in [5, 5.41) is 5.92. The first kappa shape index (κ1) is 17.4. The summed E-state index contributed by atoms with van der Waals surface area (Å²) in [5.41, 5.74) is 1.48. The molecule has 0 saturated heterocycles. The Morgan fingerprint density at radius 3 is 2.68 bits per heavy atom. The molecule has 0 atom stereocenters. The molecule has 0 saturated carbocycles. The number of anilines is 2. The number of rotatable bonds is 4. The van der Waals surface area contributed by atoms with E-state index in [4.69, 9.17) is 21.1 Å². The maximum Gasteiger partial charge on any atom is 0.255 e. The molecule has 3 rings (SSSR count). The second-order valence-corrected chi connectivity index (χ2v) is 6.61. The Morgan fingerprint density at radius 1 is 1.20 bits per heavy atom. The molecule has 2 aromatic rings. The summed E-state index contributed by atoms with van der Waals surface area (Å²) in [5.74, 6) is 0.794. The first-order valence-electron chi connectivity index (χ1n) is 7.31. The van der Waals surface area contributed by atoms with Crippen LogP contribution in [0.1, 0.15) is 10.4 Å². The van der Waals surface area contributed by atoms with Crippen molar-refractivity contribution in [2.45, 2.75) is 4.90 Å². The predicted molar refractivity (Wildman–Crippen MR) is 98.3 cm³/mol. The highest BCUT2D eigenvalue weighted by atomic mass is 35.5. The van der Waals surface area contributed by atoms with Gasteiger partial charge in [-0.15, -0.1) is 11.8 Å². The van der Waals surface area contributed by atoms with Crippen LogP contribution in [0.25, 0.3) is 0 Å². The highest BCUT2D eigenvalue weighted by molar-refractivity contribution is 8.00. The van der Waals surface area contributed by atoms with Gasteiger partial charge in [-0.05, 0) is 18.2 Å². The third-order valence-corrected chi connectivity index (χ3v) is 4.97. The SMILES string of the molecule is COc1cc(NC(=O)c2ccc3c(c2)NC(=O)CS3)c(OC)cc1Cl. The van der Waals surface area contributed by atoms with Gasteiger partial charge in [-0.1, -0.05) is 11.6 Å². The fourth-order valence-electron chi connectivity index (χ4n) is 2.38. The van der Waals surface area contributed by atoms with Gasteiger partial charge in [0, 0.05) is 22.6 Å². The first-order valence-corrected chi connectivity index (χ1v) is 8.67. The minimum Gasteiger partial charge on any atom is -0.495 e. The van der Waals surface area contributed by atoms with Crippen LogP contribution in [0.3, 0.4) is 0 Å². The van der Waals surface area contributed by atoms with Crippen molar-refractivity contribution in [3.05, 3.63) is 40.9 Å². The largest absolute Gasteiger partial charge is 0.495 e. The molecule has 130 valence electrons. The molecule has 0 aromatic heterocycles. The van der Waals surface area contributed by atoms with Crippen LogP contribution in [0.4, 0.5) is 11.4 Å². The molecule has 25 heavy (non-hydrogen) atoms. The molecule has 1 aliphatic rings. The van der Waals surface area contributed by atoms with Crippen LogP contribution < -0.4 is 20.1 Å². The molecular weight excluding hydrogens is 364 g/mol. The average Bonchev–Trinajstić information content (AvgIpc) is 2.61. The second kappa shape index (κ2) is 7.25. The number of carbonyl (C=O) groups is 2. The van der Waals surface area contributed by atoms with Crippen molar-refractivity contribution in [3.8, 4) is 11.5 Å². The zero-order chi connectivity index (χ0) is 18.0. The molecule has 0 spiro atoms. The van der Waals surface area contributed by atoms with Crippen LogP contribution in [0, 0.1) is 0 Å². The highest BCUT2D eigenvalue weighted by Crippen LogP contribution is 2.36. The average molecular weight is 379 g/mol. The molecule has 0 unspecified atom stereocenters. The molecule has 2 amide bonds. The van der Waals surface area contributed by atoms with Gasteiger partial charge in [-0.25, -0.2) is 0 Å². The van der Waals surface area contributed by atoms with E-state index in [9.17, 15) is 9.59 Å². The Bertz CT molecular complexity index is 857. The summed E-state index contributed by atoms with van der Waals surface area (Å²) < 4.78 is 10.4. The van der Waals surface area contributed by atoms with Gasteiger partial charge in [0.05, 0.1) is 36.4 Å². The number of methoxy groups -OCH3 is 2. The van der Waals surface area contributed by atoms with Gasteiger partial charge in [-0.2, -0.15) is 0 Å². The van der Waals surface area contributed by atoms with Gasteiger partial charge in [0.25, 0.3) is 5.91 Å². The number of carbonyl (C=O) groups excluding carboxylic acids is 2. The Morgan fingerprint density at radius 2 is 1.96 bits per heavy atom. The lowest BCUT2D eigenvalue weighted by atomic mass is 10.1. The normalized spacial score (nSPS) is 12.8. The van der Waals surface area contributed by atoms with E-state index in [1.165, 1.54) is 26.0 Å². The molecule has 0 aliphatic carbocycles. The number of fused-ring (bicyclic) bond motifs is 1. The van der Waals surface area contributed by atoms with Crippen molar-refractivity contribution >= 4 is 46.6 Å². The topological polar surface area (TPSA) is 76.7 Å². The van der Waals surface area contributed by atoms with Crippen molar-refractivity contribution in [1.82, 2.24) is 0 Å². The molecule has 8 heteroatoms. The molecule has 2 N–H and O–H groups in total. The minimum atomic E-state index is -0.338. The summed E-state index contributed by atoms with van der Waals surface area (Å²) >= 11 is 7.51. The molecule has 0 fully saturated rings. The first-order chi connectivity index (χ1) is 12.0. The quantitative estimate of drug-likeness (QED) is 0.849. The fourth-order valence-corrected chi connectivity index (χ4v) is 3.40. The maximum absolute atomic E-state index is 12.6. The van der Waals surface area contributed by atoms with Crippen LogP contribution in [0.5, 0.6) is 11.5 Å². The Balaban J connectivity index is 1.88. The van der Waals surface area contributed by atoms with Crippen LogP contribution in [-0.2, 0) is 4.79 Å². The van der Waals surface area contributed by atoms with Crippen molar-refractivity contribution < 1.29 is 19.1 Å². The number of ether oxygens (including phenoxy) is 2. The maximum atomic E-state index is 12.6. The summed E-state index contributed by atoms with van der Waals surface area (Å²) in [4.78, 5) is 25.0. The van der Waals surface area contributed by atoms with Gasteiger partial charge < -0.3 is 20.1 Å². The molecule has 1 heterocycles. The molecular formula is C17H15ClN2O4S. The van der Waals surface area contributed by atoms with E-state index in [1.54, 1.807) is 24.3 Å². The number of halogens is 1. The van der Waals surface area contributed by atoms with Crippen molar-refractivity contribution in [2.75, 3.05) is 30.6 Å². The smallest absolute Gasteiger partial charge is 0.255 e. The number of thioether (sulfide) groups is 1. The zero-order valence-corrected chi connectivity index (χ0v) is 15.1. The van der Waals surface area contributed by atoms with E-state index in [2.05, 4.69) is 10.6 Å². The molecule has 6 nitrogen and oxygen atoms in total. The van der Waals surface area contributed by atoms with E-state index in [1.807, 2.05) is 6.07 Å². The number of amides is 2. The second-order valence-electron chi connectivity index (χ2n) is 5.19. The number of hydrogen-bond donors (Lipinski definition) is 2. The summed E-state index contributed by atoms with van der Waals surface area (Å²) in [7, 11) is 2.97. The Hall–Kier alpha value is -2.38. The summed E-state index contributed by atoms with van der Waals surface area (Å²) in [6, 6.07) is 8.33. The van der Waals surface area contributed by atoms with E-state index >= 15 is 0 Å². The van der Waals surface area contributed by atoms with Gasteiger partial charge in [0.2, 0.25) is 5.91 Å². The molecule has 0 bridgehead atoms. The van der Waals surface area contributed by atoms with Crippen LogP contribution in [0.15, 0.2) is 35.2 Å². The fraction of sp³-hybridized carbons (Fsp3) is 0.176. The van der Waals surface area contributed by atoms with Crippen LogP contribution in [-0.4, -0.2) is 31.8 Å². The van der Waals surface area contributed by atoms with E-state index in [0.29, 0.717) is 39.2 Å². The van der Waals surface area contributed by atoms with E-state index in [-0.39, 0.29) is 11.8 Å². The van der Waals surface area contributed by atoms with Crippen molar-refractivity contribution in [2.24, 2.45) is 0 Å². The van der Waals surface area contributed by atoms with Gasteiger partial charge in [-0.3, -0.25) is 9.59 Å².